The van der Waals surface area contributed by atoms with Crippen LogP contribution >= 0.6 is 0 Å². The molecule has 5 nitrogen and oxygen atoms in total. The number of halogens is 1. The first-order valence-electron chi connectivity index (χ1n) is 5.84. The average Bonchev–Trinajstić information content (AvgIpc) is 2.40. The van der Waals surface area contributed by atoms with Crippen molar-refractivity contribution in [2.45, 2.75) is 6.54 Å². The smallest absolute Gasteiger partial charge is 0.343 e. The maximum Gasteiger partial charge on any atom is 0.343 e. The molecule has 0 atom stereocenters. The summed E-state index contributed by atoms with van der Waals surface area (Å²) in [4.78, 5) is 10.9. The third-order valence-corrected chi connectivity index (χ3v) is 2.33. The van der Waals surface area contributed by atoms with Crippen molar-refractivity contribution in [1.82, 2.24) is 5.32 Å². The van der Waals surface area contributed by atoms with Crippen molar-refractivity contribution >= 4 is 5.97 Å². The molecule has 0 spiro atoms. The van der Waals surface area contributed by atoms with E-state index in [1.54, 1.807) is 13.2 Å². The predicted molar refractivity (Wildman–Crippen MR) is 67.5 cm³/mol. The monoisotopic (exact) mass is 271 g/mol. The zero-order valence-corrected chi connectivity index (χ0v) is 11.1. The lowest BCUT2D eigenvalue weighted by atomic mass is 10.2. The number of ether oxygens (including phenoxy) is 3. The van der Waals surface area contributed by atoms with Gasteiger partial charge in [-0.25, -0.2) is 9.18 Å². The Kier molecular flexibility index (Phi) is 6.84. The molecule has 1 aromatic carbocycles. The maximum atomic E-state index is 13.4. The largest absolute Gasteiger partial charge is 0.482 e. The zero-order valence-electron chi connectivity index (χ0n) is 11.1. The number of hydrogen-bond donors (Lipinski definition) is 1. The van der Waals surface area contributed by atoms with Crippen LogP contribution in [0.4, 0.5) is 4.39 Å². The molecule has 1 aromatic rings. The second-order valence-electron chi connectivity index (χ2n) is 3.83. The molecule has 0 heterocycles. The van der Waals surface area contributed by atoms with E-state index < -0.39 is 11.8 Å². The van der Waals surface area contributed by atoms with Gasteiger partial charge in [0.05, 0.1) is 13.7 Å². The minimum Gasteiger partial charge on any atom is -0.482 e. The quantitative estimate of drug-likeness (QED) is 0.567. The summed E-state index contributed by atoms with van der Waals surface area (Å²) < 4.78 is 27.8. The van der Waals surface area contributed by atoms with Crippen molar-refractivity contribution in [3.8, 4) is 5.75 Å². The summed E-state index contributed by atoms with van der Waals surface area (Å²) in [5.41, 5.74) is 0.732. The Hall–Kier alpha value is -1.66. The first-order valence-corrected chi connectivity index (χ1v) is 5.84. The van der Waals surface area contributed by atoms with E-state index in [0.717, 1.165) is 5.56 Å². The summed E-state index contributed by atoms with van der Waals surface area (Å²) in [5, 5.41) is 3.09. The van der Waals surface area contributed by atoms with E-state index in [1.165, 1.54) is 19.2 Å². The van der Waals surface area contributed by atoms with Gasteiger partial charge in [-0.1, -0.05) is 0 Å². The minimum absolute atomic E-state index is 0.240. The normalized spacial score (nSPS) is 10.3. The molecule has 19 heavy (non-hydrogen) atoms. The fraction of sp³-hybridized carbons (Fsp3) is 0.462. The van der Waals surface area contributed by atoms with Gasteiger partial charge < -0.3 is 19.5 Å². The Labute approximate surface area is 111 Å². The number of hydrogen-bond acceptors (Lipinski definition) is 5. The Bertz CT molecular complexity index is 412. The van der Waals surface area contributed by atoms with Crippen molar-refractivity contribution in [1.29, 1.82) is 0 Å². The van der Waals surface area contributed by atoms with Gasteiger partial charge in [-0.15, -0.1) is 0 Å². The van der Waals surface area contributed by atoms with Crippen molar-refractivity contribution in [3.63, 3.8) is 0 Å². The highest BCUT2D eigenvalue weighted by molar-refractivity contribution is 5.70. The Morgan fingerprint density at radius 2 is 2.11 bits per heavy atom. The van der Waals surface area contributed by atoms with Crippen molar-refractivity contribution in [2.75, 3.05) is 34.0 Å². The van der Waals surface area contributed by atoms with E-state index in [4.69, 9.17) is 9.47 Å². The minimum atomic E-state index is -0.510. The maximum absolute atomic E-state index is 13.4. The van der Waals surface area contributed by atoms with Crippen molar-refractivity contribution in [2.24, 2.45) is 0 Å². The lowest BCUT2D eigenvalue weighted by Crippen LogP contribution is -2.18. The summed E-state index contributed by atoms with van der Waals surface area (Å²) in [7, 11) is 2.88. The molecule has 106 valence electrons. The number of rotatable bonds is 8. The molecule has 0 aliphatic heterocycles. The molecule has 6 heteroatoms. The molecule has 0 aliphatic rings. The van der Waals surface area contributed by atoms with Crippen LogP contribution in [0.1, 0.15) is 5.56 Å². The van der Waals surface area contributed by atoms with Crippen molar-refractivity contribution in [3.05, 3.63) is 29.6 Å². The lowest BCUT2D eigenvalue weighted by molar-refractivity contribution is -0.142. The summed E-state index contributed by atoms with van der Waals surface area (Å²) in [6, 6.07) is 4.30. The summed E-state index contributed by atoms with van der Waals surface area (Å²) in [5.74, 6) is -0.621. The topological polar surface area (TPSA) is 56.8 Å². The number of methoxy groups -OCH3 is 2. The molecule has 1 N–H and O–H groups in total. The number of carbonyl (C=O) groups is 1. The molecule has 0 unspecified atom stereocenters. The fourth-order valence-corrected chi connectivity index (χ4v) is 1.41. The van der Waals surface area contributed by atoms with E-state index in [1.807, 2.05) is 0 Å². The van der Waals surface area contributed by atoms with E-state index in [0.29, 0.717) is 25.4 Å². The van der Waals surface area contributed by atoms with Crippen LogP contribution in [0.25, 0.3) is 0 Å². The highest BCUT2D eigenvalue weighted by Gasteiger charge is 2.05. The fourth-order valence-electron chi connectivity index (χ4n) is 1.41. The molecule has 0 saturated heterocycles. The molecule has 0 bridgehead atoms. The van der Waals surface area contributed by atoms with Crippen LogP contribution in [-0.2, 0) is 20.8 Å². The molecule has 0 aromatic heterocycles. The summed E-state index contributed by atoms with van der Waals surface area (Å²) >= 11 is 0. The van der Waals surface area contributed by atoms with Crippen LogP contribution in [0.15, 0.2) is 18.2 Å². The summed E-state index contributed by atoms with van der Waals surface area (Å²) in [6.45, 7) is 1.51. The van der Waals surface area contributed by atoms with Gasteiger partial charge in [0.2, 0.25) is 0 Å². The van der Waals surface area contributed by atoms with Crippen LogP contribution in [0, 0.1) is 5.82 Å². The molecule has 0 amide bonds. The molecular weight excluding hydrogens is 253 g/mol. The van der Waals surface area contributed by atoms with Gasteiger partial charge in [0, 0.05) is 26.3 Å². The van der Waals surface area contributed by atoms with Crippen LogP contribution < -0.4 is 10.1 Å². The second kappa shape index (κ2) is 8.44. The second-order valence-corrected chi connectivity index (χ2v) is 3.83. The lowest BCUT2D eigenvalue weighted by Gasteiger charge is -2.08. The number of nitrogens with one attached hydrogen (secondary N) is 1. The SMILES string of the molecule is COCCNCc1cc(F)cc(OCC(=O)OC)c1. The van der Waals surface area contributed by atoms with E-state index >= 15 is 0 Å². The number of benzene rings is 1. The molecule has 0 saturated carbocycles. The van der Waals surface area contributed by atoms with Gasteiger partial charge >= 0.3 is 5.97 Å². The molecule has 0 aliphatic carbocycles. The van der Waals surface area contributed by atoms with Gasteiger partial charge in [-0.3, -0.25) is 0 Å². The van der Waals surface area contributed by atoms with Crippen LogP contribution in [0.5, 0.6) is 5.75 Å². The average molecular weight is 271 g/mol. The van der Waals surface area contributed by atoms with Gasteiger partial charge in [0.25, 0.3) is 0 Å². The summed E-state index contributed by atoms with van der Waals surface area (Å²) in [6.07, 6.45) is 0. The van der Waals surface area contributed by atoms with E-state index in [2.05, 4.69) is 10.1 Å². The highest BCUT2D eigenvalue weighted by atomic mass is 19.1. The third-order valence-electron chi connectivity index (χ3n) is 2.33. The Balaban J connectivity index is 2.53. The van der Waals surface area contributed by atoms with E-state index in [9.17, 15) is 9.18 Å². The van der Waals surface area contributed by atoms with Gasteiger partial charge in [0.15, 0.2) is 6.61 Å². The predicted octanol–water partition coefficient (Wildman–Crippen LogP) is 1.11. The van der Waals surface area contributed by atoms with E-state index in [-0.39, 0.29) is 6.61 Å². The van der Waals surface area contributed by atoms with Crippen LogP contribution in [0.2, 0.25) is 0 Å². The standard InChI is InChI=1S/C13H18FNO4/c1-17-4-3-15-8-10-5-11(14)7-12(6-10)19-9-13(16)18-2/h5-7,15H,3-4,8-9H2,1-2H3. The molecular formula is C13H18FNO4. The number of carbonyl (C=O) groups excluding carboxylic acids is 1. The van der Waals surface area contributed by atoms with Crippen LogP contribution in [-0.4, -0.2) is 39.9 Å². The molecule has 0 radical (unpaired) electrons. The first-order chi connectivity index (χ1) is 9.15. The molecule has 0 fully saturated rings. The van der Waals surface area contributed by atoms with Gasteiger partial charge in [-0.2, -0.15) is 0 Å². The Morgan fingerprint density at radius 3 is 2.79 bits per heavy atom. The zero-order chi connectivity index (χ0) is 14.1. The number of esters is 1. The third kappa shape index (κ3) is 6.17. The van der Waals surface area contributed by atoms with Crippen LogP contribution in [0.3, 0.4) is 0 Å². The molecule has 1 rings (SSSR count). The van der Waals surface area contributed by atoms with Gasteiger partial charge in [0.1, 0.15) is 11.6 Å². The Morgan fingerprint density at radius 1 is 1.32 bits per heavy atom. The first kappa shape index (κ1) is 15.4. The van der Waals surface area contributed by atoms with Crippen molar-refractivity contribution < 1.29 is 23.4 Å². The van der Waals surface area contributed by atoms with Gasteiger partial charge in [-0.05, 0) is 17.7 Å². The highest BCUT2D eigenvalue weighted by Crippen LogP contribution is 2.16.